The number of benzene rings is 1. The van der Waals surface area contributed by atoms with Crippen LogP contribution in [0.3, 0.4) is 0 Å². The summed E-state index contributed by atoms with van der Waals surface area (Å²) < 4.78 is 1.84. The molecule has 7 heteroatoms. The van der Waals surface area contributed by atoms with Crippen molar-refractivity contribution in [2.24, 2.45) is 5.92 Å². The molecule has 2 aliphatic carbocycles. The van der Waals surface area contributed by atoms with Gasteiger partial charge in [-0.3, -0.25) is 9.58 Å². The van der Waals surface area contributed by atoms with E-state index >= 15 is 0 Å². The van der Waals surface area contributed by atoms with Crippen LogP contribution in [0.4, 0.5) is 0 Å². The van der Waals surface area contributed by atoms with Crippen LogP contribution in [-0.2, 0) is 18.4 Å². The second-order valence-electron chi connectivity index (χ2n) is 10.7. The van der Waals surface area contributed by atoms with Gasteiger partial charge in [0.25, 0.3) is 0 Å². The van der Waals surface area contributed by atoms with Gasteiger partial charge in [0.05, 0.1) is 23.9 Å². The highest BCUT2D eigenvalue weighted by Gasteiger charge is 2.63. The van der Waals surface area contributed by atoms with Gasteiger partial charge in [-0.2, -0.15) is 10.4 Å². The first-order chi connectivity index (χ1) is 16.0. The van der Waals surface area contributed by atoms with E-state index in [0.717, 1.165) is 70.9 Å². The molecule has 174 valence electrons. The van der Waals surface area contributed by atoms with E-state index in [2.05, 4.69) is 27.0 Å². The summed E-state index contributed by atoms with van der Waals surface area (Å²) in [6.07, 6.45) is 9.52. The summed E-state index contributed by atoms with van der Waals surface area (Å²) >= 11 is 0. The molecule has 0 spiro atoms. The second-order valence-corrected chi connectivity index (χ2v) is 10.7. The summed E-state index contributed by atoms with van der Waals surface area (Å²) in [7, 11) is 0. The SMILES string of the molecule is N#Cc1cnn(CCN2CC[C@]34CCN(CC5CC5)[C@H](Cc5ccc(O)cc53)[C@]4(O)CC2)c1. The van der Waals surface area contributed by atoms with Gasteiger partial charge in [0.1, 0.15) is 11.8 Å². The van der Waals surface area contributed by atoms with Crippen molar-refractivity contribution in [1.29, 1.82) is 5.26 Å². The molecule has 0 radical (unpaired) electrons. The molecule has 4 aliphatic rings. The van der Waals surface area contributed by atoms with E-state index in [1.807, 2.05) is 16.8 Å². The second kappa shape index (κ2) is 7.83. The molecule has 1 aromatic heterocycles. The summed E-state index contributed by atoms with van der Waals surface area (Å²) in [6.45, 7) is 5.50. The largest absolute Gasteiger partial charge is 0.508 e. The van der Waals surface area contributed by atoms with Crippen LogP contribution in [0.1, 0.15) is 48.8 Å². The Bertz CT molecular complexity index is 1090. The van der Waals surface area contributed by atoms with Crippen molar-refractivity contribution in [2.45, 2.75) is 62.1 Å². The van der Waals surface area contributed by atoms with Crippen molar-refractivity contribution in [3.05, 3.63) is 47.3 Å². The average Bonchev–Trinajstić information content (AvgIpc) is 3.54. The molecular weight excluding hydrogens is 414 g/mol. The predicted molar refractivity (Wildman–Crippen MR) is 124 cm³/mol. The number of phenols is 1. The monoisotopic (exact) mass is 447 g/mol. The van der Waals surface area contributed by atoms with E-state index in [4.69, 9.17) is 5.26 Å². The van der Waals surface area contributed by atoms with E-state index in [1.54, 1.807) is 12.4 Å². The maximum absolute atomic E-state index is 12.5. The smallest absolute Gasteiger partial charge is 0.115 e. The lowest BCUT2D eigenvalue weighted by molar-refractivity contribution is -0.149. The lowest BCUT2D eigenvalue weighted by Gasteiger charge is -2.61. The fourth-order valence-corrected chi connectivity index (χ4v) is 6.92. The molecule has 3 atom stereocenters. The number of rotatable bonds is 5. The fourth-order valence-electron chi connectivity index (χ4n) is 6.92. The molecule has 2 saturated heterocycles. The minimum absolute atomic E-state index is 0.146. The van der Waals surface area contributed by atoms with E-state index < -0.39 is 5.60 Å². The van der Waals surface area contributed by atoms with Crippen LogP contribution in [0.2, 0.25) is 0 Å². The zero-order chi connectivity index (χ0) is 22.6. The molecule has 33 heavy (non-hydrogen) atoms. The average molecular weight is 448 g/mol. The molecule has 1 saturated carbocycles. The summed E-state index contributed by atoms with van der Waals surface area (Å²) in [5, 5.41) is 36.2. The van der Waals surface area contributed by atoms with E-state index in [9.17, 15) is 10.2 Å². The Hall–Kier alpha value is -2.40. The Labute approximate surface area is 195 Å². The topological polar surface area (TPSA) is 88.6 Å². The van der Waals surface area contributed by atoms with Gasteiger partial charge in [0, 0.05) is 37.3 Å². The number of hydrogen-bond donors (Lipinski definition) is 2. The van der Waals surface area contributed by atoms with Crippen LogP contribution >= 0.6 is 0 Å². The Balaban J connectivity index is 1.29. The van der Waals surface area contributed by atoms with E-state index in [1.165, 1.54) is 24.0 Å². The normalized spacial score (nSPS) is 31.9. The molecule has 2 aromatic rings. The minimum atomic E-state index is -0.782. The zero-order valence-electron chi connectivity index (χ0n) is 19.2. The molecule has 1 aromatic carbocycles. The molecule has 3 heterocycles. The van der Waals surface area contributed by atoms with E-state index in [0.29, 0.717) is 11.3 Å². The van der Waals surface area contributed by atoms with Gasteiger partial charge in [-0.1, -0.05) is 6.07 Å². The number of likely N-dealkylation sites (tertiary alicyclic amines) is 2. The van der Waals surface area contributed by atoms with Crippen LogP contribution in [-0.4, -0.2) is 74.2 Å². The highest BCUT2D eigenvalue weighted by atomic mass is 16.3. The third-order valence-corrected chi connectivity index (χ3v) is 8.93. The zero-order valence-corrected chi connectivity index (χ0v) is 19.2. The third kappa shape index (κ3) is 3.47. The number of aliphatic hydroxyl groups is 1. The van der Waals surface area contributed by atoms with Crippen molar-refractivity contribution in [3.63, 3.8) is 0 Å². The first-order valence-corrected chi connectivity index (χ1v) is 12.4. The molecule has 7 nitrogen and oxygen atoms in total. The Morgan fingerprint density at radius 1 is 1.12 bits per heavy atom. The molecule has 2 aliphatic heterocycles. The summed E-state index contributed by atoms with van der Waals surface area (Å²) in [5.41, 5.74) is 1.98. The van der Waals surface area contributed by atoms with Crippen LogP contribution in [0.25, 0.3) is 0 Å². The lowest BCUT2D eigenvalue weighted by atomic mass is 9.52. The minimum Gasteiger partial charge on any atom is -0.508 e. The van der Waals surface area contributed by atoms with Crippen molar-refractivity contribution in [2.75, 3.05) is 32.7 Å². The van der Waals surface area contributed by atoms with Crippen LogP contribution in [0.5, 0.6) is 5.75 Å². The standard InChI is InChI=1S/C26H33N5O2/c27-15-20-16-28-31(18-20)12-11-29-8-5-25-6-10-30(17-19-1-2-19)24(26(25,33)7-9-29)13-21-3-4-22(32)14-23(21)25/h3-4,14,16,18-19,24,32-33H,1-2,5-13,17H2/t24-,25+,26-/m1/s1. The molecular formula is C26H33N5O2. The summed E-state index contributed by atoms with van der Waals surface area (Å²) in [6, 6.07) is 8.12. The Morgan fingerprint density at radius 3 is 2.73 bits per heavy atom. The van der Waals surface area contributed by atoms with Crippen molar-refractivity contribution in [1.82, 2.24) is 19.6 Å². The van der Waals surface area contributed by atoms with Gasteiger partial charge in [-0.05, 0) is 80.8 Å². The molecule has 3 fully saturated rings. The highest BCUT2D eigenvalue weighted by Crippen LogP contribution is 2.56. The fraction of sp³-hybridized carbons (Fsp3) is 0.615. The number of nitriles is 1. The van der Waals surface area contributed by atoms with Crippen molar-refractivity contribution < 1.29 is 10.2 Å². The van der Waals surface area contributed by atoms with Crippen molar-refractivity contribution in [3.8, 4) is 11.8 Å². The number of piperidine rings is 1. The lowest BCUT2D eigenvalue weighted by Crippen LogP contribution is -2.71. The number of nitrogens with zero attached hydrogens (tertiary/aromatic N) is 5. The number of aromatic nitrogens is 2. The summed E-state index contributed by atoms with van der Waals surface area (Å²) in [4.78, 5) is 5.04. The quantitative estimate of drug-likeness (QED) is 0.731. The third-order valence-electron chi connectivity index (χ3n) is 8.93. The first-order valence-electron chi connectivity index (χ1n) is 12.4. The first kappa shape index (κ1) is 21.2. The van der Waals surface area contributed by atoms with Gasteiger partial charge in [0.15, 0.2) is 0 Å². The molecule has 0 unspecified atom stereocenters. The van der Waals surface area contributed by atoms with Crippen molar-refractivity contribution >= 4 is 0 Å². The number of aromatic hydroxyl groups is 1. The number of hydrogen-bond acceptors (Lipinski definition) is 6. The van der Waals surface area contributed by atoms with Gasteiger partial charge in [-0.15, -0.1) is 0 Å². The molecule has 0 amide bonds. The Kier molecular flexibility index (Phi) is 5.02. The molecule has 2 N–H and O–H groups in total. The number of fused-ring (bicyclic) bond motifs is 1. The van der Waals surface area contributed by atoms with Gasteiger partial charge >= 0.3 is 0 Å². The maximum atomic E-state index is 12.5. The number of phenolic OH excluding ortho intramolecular Hbond substituents is 1. The Morgan fingerprint density at radius 2 is 1.94 bits per heavy atom. The summed E-state index contributed by atoms with van der Waals surface area (Å²) in [5.74, 6) is 1.11. The van der Waals surface area contributed by atoms with Gasteiger partial charge < -0.3 is 15.1 Å². The van der Waals surface area contributed by atoms with Gasteiger partial charge in [-0.25, -0.2) is 0 Å². The van der Waals surface area contributed by atoms with E-state index in [-0.39, 0.29) is 11.5 Å². The van der Waals surface area contributed by atoms with Crippen LogP contribution in [0, 0.1) is 17.2 Å². The molecule has 6 rings (SSSR count). The molecule has 2 bridgehead atoms. The predicted octanol–water partition coefficient (Wildman–Crippen LogP) is 2.27. The van der Waals surface area contributed by atoms with Crippen LogP contribution < -0.4 is 0 Å². The van der Waals surface area contributed by atoms with Crippen LogP contribution in [0.15, 0.2) is 30.6 Å². The highest BCUT2D eigenvalue weighted by molar-refractivity contribution is 5.48. The van der Waals surface area contributed by atoms with Gasteiger partial charge in [0.2, 0.25) is 0 Å². The maximum Gasteiger partial charge on any atom is 0.115 e.